The number of carbonyl (C=O) groups is 2. The van der Waals surface area contributed by atoms with Crippen molar-refractivity contribution in [3.8, 4) is 0 Å². The summed E-state index contributed by atoms with van der Waals surface area (Å²) in [5, 5.41) is 15.8. The van der Waals surface area contributed by atoms with E-state index in [0.29, 0.717) is 18.5 Å². The predicted octanol–water partition coefficient (Wildman–Crippen LogP) is 1.96. The molecule has 0 fully saturated rings. The quantitative estimate of drug-likeness (QED) is 0.819. The summed E-state index contributed by atoms with van der Waals surface area (Å²) in [6.07, 6.45) is 4.91. The van der Waals surface area contributed by atoms with Crippen LogP contribution in [0.1, 0.15) is 39.6 Å². The average Bonchev–Trinajstić information content (AvgIpc) is 2.97. The van der Waals surface area contributed by atoms with Crippen molar-refractivity contribution in [3.05, 3.63) is 53.3 Å². The van der Waals surface area contributed by atoms with Crippen LogP contribution in [0.3, 0.4) is 0 Å². The largest absolute Gasteiger partial charge is 0.478 e. The molecule has 0 unspecified atom stereocenters. The molecular formula is C16H19N3O3. The summed E-state index contributed by atoms with van der Waals surface area (Å²) in [4.78, 5) is 22.7. The van der Waals surface area contributed by atoms with E-state index in [2.05, 4.69) is 17.3 Å². The van der Waals surface area contributed by atoms with Crippen molar-refractivity contribution in [1.29, 1.82) is 0 Å². The molecule has 1 aromatic carbocycles. The topological polar surface area (TPSA) is 84.2 Å². The van der Waals surface area contributed by atoms with Gasteiger partial charge in [-0.3, -0.25) is 9.48 Å². The number of nitrogens with one attached hydrogen (secondary N) is 1. The maximum atomic E-state index is 12.0. The van der Waals surface area contributed by atoms with E-state index >= 15 is 0 Å². The molecule has 22 heavy (non-hydrogen) atoms. The summed E-state index contributed by atoms with van der Waals surface area (Å²) < 4.78 is 1.75. The minimum atomic E-state index is -0.941. The summed E-state index contributed by atoms with van der Waals surface area (Å²) in [6, 6.07) is 6.65. The van der Waals surface area contributed by atoms with Gasteiger partial charge in [-0.25, -0.2) is 4.79 Å². The average molecular weight is 301 g/mol. The van der Waals surface area contributed by atoms with Crippen LogP contribution in [-0.2, 0) is 13.0 Å². The van der Waals surface area contributed by atoms with Gasteiger partial charge in [0.2, 0.25) is 0 Å². The van der Waals surface area contributed by atoms with Crippen molar-refractivity contribution in [2.24, 2.45) is 0 Å². The van der Waals surface area contributed by atoms with Crippen LogP contribution in [0.25, 0.3) is 0 Å². The van der Waals surface area contributed by atoms with E-state index in [1.54, 1.807) is 41.3 Å². The number of hydrogen-bond donors (Lipinski definition) is 2. The Hall–Kier alpha value is -2.63. The normalized spacial score (nSPS) is 10.4. The van der Waals surface area contributed by atoms with E-state index in [4.69, 9.17) is 5.11 Å². The Morgan fingerprint density at radius 1 is 1.23 bits per heavy atom. The zero-order valence-corrected chi connectivity index (χ0v) is 12.5. The summed E-state index contributed by atoms with van der Waals surface area (Å²) >= 11 is 0. The molecule has 0 saturated carbocycles. The number of hydrogen-bond acceptors (Lipinski definition) is 3. The third-order valence-corrected chi connectivity index (χ3v) is 3.25. The number of aromatic nitrogens is 2. The van der Waals surface area contributed by atoms with Crippen molar-refractivity contribution in [2.75, 3.05) is 6.54 Å². The van der Waals surface area contributed by atoms with Crippen LogP contribution in [0, 0.1) is 0 Å². The molecule has 6 heteroatoms. The smallest absolute Gasteiger partial charge is 0.335 e. The van der Waals surface area contributed by atoms with Crippen molar-refractivity contribution in [2.45, 2.75) is 26.3 Å². The third kappa shape index (κ3) is 4.18. The number of nitrogens with zero attached hydrogens (tertiary/aromatic N) is 2. The lowest BCUT2D eigenvalue weighted by Crippen LogP contribution is -2.25. The van der Waals surface area contributed by atoms with Gasteiger partial charge in [-0.05, 0) is 30.5 Å². The minimum Gasteiger partial charge on any atom is -0.478 e. The molecular weight excluding hydrogens is 282 g/mol. The molecule has 2 N–H and O–H groups in total. The zero-order valence-electron chi connectivity index (χ0n) is 12.5. The maximum absolute atomic E-state index is 12.0. The Balaban J connectivity index is 1.82. The van der Waals surface area contributed by atoms with Gasteiger partial charge < -0.3 is 10.4 Å². The molecule has 0 aliphatic heterocycles. The first-order valence-corrected chi connectivity index (χ1v) is 7.23. The van der Waals surface area contributed by atoms with Gasteiger partial charge in [0.25, 0.3) is 5.91 Å². The van der Waals surface area contributed by atoms with Crippen molar-refractivity contribution < 1.29 is 14.7 Å². The Morgan fingerprint density at radius 3 is 2.59 bits per heavy atom. The van der Waals surface area contributed by atoms with Crippen molar-refractivity contribution >= 4 is 11.9 Å². The lowest BCUT2D eigenvalue weighted by Gasteiger charge is -2.04. The van der Waals surface area contributed by atoms with Crippen LogP contribution < -0.4 is 5.32 Å². The third-order valence-electron chi connectivity index (χ3n) is 3.25. The van der Waals surface area contributed by atoms with Crippen LogP contribution in [0.15, 0.2) is 36.7 Å². The second-order valence-electron chi connectivity index (χ2n) is 5.00. The fourth-order valence-corrected chi connectivity index (χ4v) is 2.07. The second-order valence-corrected chi connectivity index (χ2v) is 5.00. The Kier molecular flexibility index (Phi) is 5.30. The molecule has 2 aromatic rings. The standard InChI is InChI=1S/C16H19N3O3/c1-2-9-19-11-14(10-18-19)15(20)17-8-7-12-3-5-13(6-4-12)16(21)22/h3-6,10-11H,2,7-9H2,1H3,(H,17,20)(H,21,22). The number of aryl methyl sites for hydroxylation is 1. The molecule has 0 atom stereocenters. The zero-order chi connectivity index (χ0) is 15.9. The first-order valence-electron chi connectivity index (χ1n) is 7.23. The highest BCUT2D eigenvalue weighted by molar-refractivity contribution is 5.93. The van der Waals surface area contributed by atoms with Gasteiger partial charge in [0.05, 0.1) is 17.3 Å². The van der Waals surface area contributed by atoms with Crippen LogP contribution in [-0.4, -0.2) is 33.3 Å². The van der Waals surface area contributed by atoms with E-state index in [1.165, 1.54) is 0 Å². The lowest BCUT2D eigenvalue weighted by molar-refractivity contribution is 0.0696. The molecule has 2 rings (SSSR count). The molecule has 0 radical (unpaired) electrons. The number of amides is 1. The molecule has 1 aromatic heterocycles. The Labute approximate surface area is 128 Å². The lowest BCUT2D eigenvalue weighted by atomic mass is 10.1. The highest BCUT2D eigenvalue weighted by atomic mass is 16.4. The molecule has 6 nitrogen and oxygen atoms in total. The number of carboxylic acid groups (broad SMARTS) is 1. The Bertz CT molecular complexity index is 647. The second kappa shape index (κ2) is 7.40. The molecule has 116 valence electrons. The van der Waals surface area contributed by atoms with E-state index in [9.17, 15) is 9.59 Å². The van der Waals surface area contributed by atoms with Gasteiger partial charge in [0.1, 0.15) is 0 Å². The number of benzene rings is 1. The fraction of sp³-hybridized carbons (Fsp3) is 0.312. The van der Waals surface area contributed by atoms with Crippen molar-refractivity contribution in [1.82, 2.24) is 15.1 Å². The van der Waals surface area contributed by atoms with E-state index in [1.807, 2.05) is 0 Å². The van der Waals surface area contributed by atoms with Gasteiger partial charge in [-0.15, -0.1) is 0 Å². The molecule has 0 spiro atoms. The summed E-state index contributed by atoms with van der Waals surface area (Å²) in [5.41, 5.74) is 1.79. The molecule has 0 aliphatic carbocycles. The van der Waals surface area contributed by atoms with Gasteiger partial charge in [-0.1, -0.05) is 19.1 Å². The highest BCUT2D eigenvalue weighted by Crippen LogP contribution is 2.05. The minimum absolute atomic E-state index is 0.149. The Morgan fingerprint density at radius 2 is 1.95 bits per heavy atom. The molecule has 0 bridgehead atoms. The van der Waals surface area contributed by atoms with Gasteiger partial charge in [-0.2, -0.15) is 5.10 Å². The molecule has 1 heterocycles. The van der Waals surface area contributed by atoms with Crippen LogP contribution >= 0.6 is 0 Å². The summed E-state index contributed by atoms with van der Waals surface area (Å²) in [6.45, 7) is 3.34. The molecule has 1 amide bonds. The highest BCUT2D eigenvalue weighted by Gasteiger charge is 2.08. The molecule has 0 aliphatic rings. The van der Waals surface area contributed by atoms with Crippen LogP contribution in [0.2, 0.25) is 0 Å². The number of carbonyl (C=O) groups excluding carboxylic acids is 1. The summed E-state index contributed by atoms with van der Waals surface area (Å²) in [7, 11) is 0. The van der Waals surface area contributed by atoms with Crippen molar-refractivity contribution in [3.63, 3.8) is 0 Å². The van der Waals surface area contributed by atoms with Gasteiger partial charge >= 0.3 is 5.97 Å². The predicted molar refractivity (Wildman–Crippen MR) is 82.0 cm³/mol. The van der Waals surface area contributed by atoms with Crippen LogP contribution in [0.4, 0.5) is 0 Å². The van der Waals surface area contributed by atoms with E-state index in [-0.39, 0.29) is 11.5 Å². The summed E-state index contributed by atoms with van der Waals surface area (Å²) in [5.74, 6) is -1.09. The number of carboxylic acids is 1. The SMILES string of the molecule is CCCn1cc(C(=O)NCCc2ccc(C(=O)O)cc2)cn1. The number of aromatic carboxylic acids is 1. The molecule has 0 saturated heterocycles. The monoisotopic (exact) mass is 301 g/mol. The van der Waals surface area contributed by atoms with Gasteiger partial charge in [0, 0.05) is 19.3 Å². The van der Waals surface area contributed by atoms with E-state index < -0.39 is 5.97 Å². The first-order chi connectivity index (χ1) is 10.6. The van der Waals surface area contributed by atoms with Crippen LogP contribution in [0.5, 0.6) is 0 Å². The van der Waals surface area contributed by atoms with E-state index in [0.717, 1.165) is 18.5 Å². The first kappa shape index (κ1) is 15.8. The van der Waals surface area contributed by atoms with Gasteiger partial charge in [0.15, 0.2) is 0 Å². The number of rotatable bonds is 7. The fourth-order valence-electron chi connectivity index (χ4n) is 2.07. The maximum Gasteiger partial charge on any atom is 0.335 e.